The second-order valence-corrected chi connectivity index (χ2v) is 7.80. The maximum atomic E-state index is 13.0. The summed E-state index contributed by atoms with van der Waals surface area (Å²) in [6.07, 6.45) is -2.86. The van der Waals surface area contributed by atoms with Crippen molar-refractivity contribution in [3.05, 3.63) is 54.0 Å². The molecule has 0 fully saturated rings. The molecule has 2 N–H and O–H groups in total. The number of sulfonamides is 1. The fourth-order valence-corrected chi connectivity index (χ4v) is 3.82. The lowest BCUT2D eigenvalue weighted by molar-refractivity contribution is -0.139. The predicted octanol–water partition coefficient (Wildman–Crippen LogP) is 2.69. The second-order valence-electron chi connectivity index (χ2n) is 6.11. The monoisotopic (exact) mass is 434 g/mol. The van der Waals surface area contributed by atoms with Gasteiger partial charge in [-0.3, -0.25) is 4.79 Å². The van der Waals surface area contributed by atoms with Crippen LogP contribution in [0.2, 0.25) is 0 Å². The highest BCUT2D eigenvalue weighted by Gasteiger charge is 2.37. The van der Waals surface area contributed by atoms with E-state index in [0.717, 1.165) is 12.1 Å². The lowest BCUT2D eigenvalue weighted by Crippen LogP contribution is -2.45. The number of rotatable bonds is 10. The van der Waals surface area contributed by atoms with Gasteiger partial charge in [0.2, 0.25) is 15.9 Å². The Labute approximate surface area is 166 Å². The van der Waals surface area contributed by atoms with Crippen LogP contribution in [-0.4, -0.2) is 33.5 Å². The van der Waals surface area contributed by atoms with Gasteiger partial charge in [0.1, 0.15) is 12.4 Å². The number of amides is 1. The van der Waals surface area contributed by atoms with Crippen LogP contribution in [-0.2, 0) is 32.3 Å². The van der Waals surface area contributed by atoms with Gasteiger partial charge in [0.05, 0.1) is 22.8 Å². The molecule has 0 spiro atoms. The summed E-state index contributed by atoms with van der Waals surface area (Å²) in [5, 5.41) is 2.50. The number of halogens is 3. The minimum absolute atomic E-state index is 0.211. The van der Waals surface area contributed by atoms with E-state index < -0.39 is 38.6 Å². The Bertz CT molecular complexity index is 898. The Balaban J connectivity index is 1.82. The number of nitrogens with one attached hydrogen (secondary N) is 2. The number of carbonyl (C=O) groups is 1. The molecule has 0 saturated carbocycles. The van der Waals surface area contributed by atoms with Crippen LogP contribution in [0.5, 0.6) is 0 Å². The Kier molecular flexibility index (Phi) is 7.82. The molecule has 11 heteroatoms. The van der Waals surface area contributed by atoms with E-state index in [-0.39, 0.29) is 13.2 Å². The fraction of sp³-hybridized carbons (Fsp3) is 0.389. The van der Waals surface area contributed by atoms with Crippen LogP contribution in [0, 0.1) is 0 Å². The van der Waals surface area contributed by atoms with E-state index >= 15 is 0 Å². The summed E-state index contributed by atoms with van der Waals surface area (Å²) in [6, 6.07) is 6.00. The average molecular weight is 434 g/mol. The molecule has 0 aliphatic carbocycles. The van der Waals surface area contributed by atoms with Crippen molar-refractivity contribution in [2.75, 3.05) is 13.2 Å². The normalized spacial score (nSPS) is 13.2. The zero-order chi connectivity index (χ0) is 21.5. The lowest BCUT2D eigenvalue weighted by Gasteiger charge is -2.17. The molecular weight excluding hydrogens is 413 g/mol. The van der Waals surface area contributed by atoms with Gasteiger partial charge in [0.25, 0.3) is 0 Å². The quantitative estimate of drug-likeness (QED) is 0.561. The van der Waals surface area contributed by atoms with Crippen molar-refractivity contribution in [1.29, 1.82) is 0 Å². The van der Waals surface area contributed by atoms with Crippen LogP contribution in [0.4, 0.5) is 13.2 Å². The molecular formula is C18H21F3N2O5S. The first-order valence-electron chi connectivity index (χ1n) is 8.67. The summed E-state index contributed by atoms with van der Waals surface area (Å²) in [6.45, 7) is 2.08. The number of benzene rings is 1. The zero-order valence-electron chi connectivity index (χ0n) is 15.5. The van der Waals surface area contributed by atoms with Crippen LogP contribution >= 0.6 is 0 Å². The van der Waals surface area contributed by atoms with E-state index in [4.69, 9.17) is 9.15 Å². The highest BCUT2D eigenvalue weighted by atomic mass is 32.2. The van der Waals surface area contributed by atoms with Crippen LogP contribution in [0.1, 0.15) is 24.7 Å². The van der Waals surface area contributed by atoms with Crippen molar-refractivity contribution in [3.8, 4) is 0 Å². The molecule has 0 saturated heterocycles. The summed E-state index contributed by atoms with van der Waals surface area (Å²) in [5.74, 6) is 0.000279. The number of furan rings is 1. The molecule has 1 heterocycles. The van der Waals surface area contributed by atoms with E-state index in [2.05, 4.69) is 5.32 Å². The van der Waals surface area contributed by atoms with Gasteiger partial charge in [0, 0.05) is 13.2 Å². The molecule has 0 bridgehead atoms. The lowest BCUT2D eigenvalue weighted by atomic mass is 10.2. The summed E-state index contributed by atoms with van der Waals surface area (Å²) in [5.41, 5.74) is -1.30. The van der Waals surface area contributed by atoms with Crippen molar-refractivity contribution in [1.82, 2.24) is 10.0 Å². The number of carbonyl (C=O) groups excluding carboxylic acids is 1. The van der Waals surface area contributed by atoms with E-state index in [0.29, 0.717) is 24.9 Å². The predicted molar refractivity (Wildman–Crippen MR) is 97.2 cm³/mol. The Morgan fingerprint density at radius 2 is 1.93 bits per heavy atom. The number of hydrogen-bond acceptors (Lipinski definition) is 5. The van der Waals surface area contributed by atoms with Gasteiger partial charge in [-0.1, -0.05) is 12.1 Å². The summed E-state index contributed by atoms with van der Waals surface area (Å²) < 4.78 is 76.2. The molecule has 0 aliphatic rings. The first-order chi connectivity index (χ1) is 13.6. The number of ether oxygens (including phenoxy) is 1. The van der Waals surface area contributed by atoms with Gasteiger partial charge in [-0.25, -0.2) is 8.42 Å². The zero-order valence-corrected chi connectivity index (χ0v) is 16.3. The molecule has 29 heavy (non-hydrogen) atoms. The van der Waals surface area contributed by atoms with Gasteiger partial charge >= 0.3 is 6.18 Å². The number of hydrogen-bond donors (Lipinski definition) is 2. The summed E-state index contributed by atoms with van der Waals surface area (Å²) >= 11 is 0. The standard InChI is InChI=1S/C18H21F3N2O5S/c1-13(17(24)22-9-5-10-27-12-14-6-4-11-28-14)23-29(25,26)16-8-3-2-7-15(16)18(19,20)21/h2-4,6-8,11,13,23H,5,9-10,12H2,1H3,(H,22,24)/t13-/m0/s1. The highest BCUT2D eigenvalue weighted by Crippen LogP contribution is 2.33. The van der Waals surface area contributed by atoms with Crippen LogP contribution in [0.25, 0.3) is 0 Å². The highest BCUT2D eigenvalue weighted by molar-refractivity contribution is 7.89. The largest absolute Gasteiger partial charge is 0.467 e. The topological polar surface area (TPSA) is 97.6 Å². The van der Waals surface area contributed by atoms with E-state index in [1.165, 1.54) is 19.3 Å². The van der Waals surface area contributed by atoms with Crippen LogP contribution in [0.15, 0.2) is 52.0 Å². The summed E-state index contributed by atoms with van der Waals surface area (Å²) in [7, 11) is -4.55. The van der Waals surface area contributed by atoms with Gasteiger partial charge in [-0.05, 0) is 37.6 Å². The first-order valence-corrected chi connectivity index (χ1v) is 10.2. The van der Waals surface area contributed by atoms with Gasteiger partial charge in [-0.2, -0.15) is 17.9 Å². The maximum absolute atomic E-state index is 13.0. The van der Waals surface area contributed by atoms with Crippen LogP contribution < -0.4 is 10.0 Å². The molecule has 7 nitrogen and oxygen atoms in total. The van der Waals surface area contributed by atoms with Crippen LogP contribution in [0.3, 0.4) is 0 Å². The number of alkyl halides is 3. The van der Waals surface area contributed by atoms with Crippen molar-refractivity contribution >= 4 is 15.9 Å². The smallest absolute Gasteiger partial charge is 0.417 e. The Morgan fingerprint density at radius 3 is 2.59 bits per heavy atom. The Hall–Kier alpha value is -2.37. The van der Waals surface area contributed by atoms with Crippen molar-refractivity contribution in [2.24, 2.45) is 0 Å². The van der Waals surface area contributed by atoms with Crippen molar-refractivity contribution in [3.63, 3.8) is 0 Å². The SMILES string of the molecule is C[C@H](NS(=O)(=O)c1ccccc1C(F)(F)F)C(=O)NCCCOCc1ccco1. The molecule has 1 amide bonds. The molecule has 0 aliphatic heterocycles. The third kappa shape index (κ3) is 6.87. The molecule has 2 rings (SSSR count). The average Bonchev–Trinajstić information content (AvgIpc) is 3.16. The fourth-order valence-electron chi connectivity index (χ4n) is 2.39. The molecule has 1 aromatic heterocycles. The molecule has 160 valence electrons. The van der Waals surface area contributed by atoms with E-state index in [1.807, 2.05) is 4.72 Å². The summed E-state index contributed by atoms with van der Waals surface area (Å²) in [4.78, 5) is 11.1. The first kappa shape index (κ1) is 22.9. The van der Waals surface area contributed by atoms with Crippen molar-refractivity contribution in [2.45, 2.75) is 37.1 Å². The van der Waals surface area contributed by atoms with E-state index in [1.54, 1.807) is 12.1 Å². The maximum Gasteiger partial charge on any atom is 0.417 e. The minimum atomic E-state index is -4.84. The molecule has 1 atom stereocenters. The Morgan fingerprint density at radius 1 is 1.21 bits per heavy atom. The molecule has 2 aromatic rings. The second kappa shape index (κ2) is 9.90. The minimum Gasteiger partial charge on any atom is -0.467 e. The van der Waals surface area contributed by atoms with E-state index in [9.17, 15) is 26.4 Å². The third-order valence-corrected chi connectivity index (χ3v) is 5.40. The molecule has 0 unspecified atom stereocenters. The molecule has 1 aromatic carbocycles. The van der Waals surface area contributed by atoms with Gasteiger partial charge < -0.3 is 14.5 Å². The molecule has 0 radical (unpaired) electrons. The third-order valence-electron chi connectivity index (χ3n) is 3.80. The van der Waals surface area contributed by atoms with Gasteiger partial charge in [-0.15, -0.1) is 0 Å². The van der Waals surface area contributed by atoms with Crippen molar-refractivity contribution < 1.29 is 35.5 Å². The van der Waals surface area contributed by atoms with Gasteiger partial charge in [0.15, 0.2) is 0 Å².